The van der Waals surface area contributed by atoms with Crippen molar-refractivity contribution in [1.29, 1.82) is 0 Å². The first-order valence-electron chi connectivity index (χ1n) is 8.50. The number of ether oxygens (including phenoxy) is 2. The molecule has 0 spiro atoms. The maximum atomic E-state index is 14.5. The third-order valence-corrected chi connectivity index (χ3v) is 4.69. The summed E-state index contributed by atoms with van der Waals surface area (Å²) in [6.07, 6.45) is 0. The van der Waals surface area contributed by atoms with Gasteiger partial charge in [0.15, 0.2) is 0 Å². The number of halogens is 2. The van der Waals surface area contributed by atoms with Crippen molar-refractivity contribution in [2.45, 2.75) is 13.5 Å². The normalized spacial score (nSPS) is 10.7. The Labute approximate surface area is 157 Å². The SMILES string of the molecule is COc1ccc(-c2cccc(-c3cc(F)c(CN)c(OC)c3)c2C)c(F)c1. The molecule has 0 saturated carbocycles. The highest BCUT2D eigenvalue weighted by atomic mass is 19.1. The Bertz CT molecular complexity index is 986. The van der Waals surface area contributed by atoms with E-state index in [1.54, 1.807) is 18.2 Å². The van der Waals surface area contributed by atoms with Gasteiger partial charge in [-0.2, -0.15) is 0 Å². The molecule has 27 heavy (non-hydrogen) atoms. The number of hydrogen-bond acceptors (Lipinski definition) is 3. The molecule has 0 saturated heterocycles. The van der Waals surface area contributed by atoms with Crippen LogP contribution in [0.25, 0.3) is 22.3 Å². The second-order valence-corrected chi connectivity index (χ2v) is 6.17. The largest absolute Gasteiger partial charge is 0.497 e. The number of benzene rings is 3. The molecule has 0 heterocycles. The number of rotatable bonds is 5. The lowest BCUT2D eigenvalue weighted by atomic mass is 9.92. The fourth-order valence-corrected chi connectivity index (χ4v) is 3.23. The van der Waals surface area contributed by atoms with Gasteiger partial charge in [-0.1, -0.05) is 18.2 Å². The lowest BCUT2D eigenvalue weighted by Gasteiger charge is -2.15. The summed E-state index contributed by atoms with van der Waals surface area (Å²) in [5.74, 6) is 0.0475. The average molecular weight is 369 g/mol. The Morgan fingerprint density at radius 3 is 2.22 bits per heavy atom. The van der Waals surface area contributed by atoms with E-state index in [-0.39, 0.29) is 12.4 Å². The third kappa shape index (κ3) is 3.51. The van der Waals surface area contributed by atoms with Gasteiger partial charge in [0, 0.05) is 23.7 Å². The lowest BCUT2D eigenvalue weighted by molar-refractivity contribution is 0.405. The Morgan fingerprint density at radius 2 is 1.59 bits per heavy atom. The van der Waals surface area contributed by atoms with Crippen LogP contribution in [0.2, 0.25) is 0 Å². The van der Waals surface area contributed by atoms with Crippen LogP contribution in [0.4, 0.5) is 8.78 Å². The van der Waals surface area contributed by atoms with Gasteiger partial charge >= 0.3 is 0 Å². The minimum atomic E-state index is -0.424. The van der Waals surface area contributed by atoms with Crippen LogP contribution in [0.15, 0.2) is 48.5 Å². The van der Waals surface area contributed by atoms with Gasteiger partial charge in [0.1, 0.15) is 23.1 Å². The Balaban J connectivity index is 2.15. The zero-order valence-electron chi connectivity index (χ0n) is 15.5. The summed E-state index contributed by atoms with van der Waals surface area (Å²) in [6, 6.07) is 13.5. The van der Waals surface area contributed by atoms with E-state index in [1.807, 2.05) is 25.1 Å². The van der Waals surface area contributed by atoms with Gasteiger partial charge in [-0.3, -0.25) is 0 Å². The van der Waals surface area contributed by atoms with Crippen LogP contribution in [-0.2, 0) is 6.54 Å². The van der Waals surface area contributed by atoms with Gasteiger partial charge in [0.05, 0.1) is 14.2 Å². The molecule has 3 aromatic rings. The minimum Gasteiger partial charge on any atom is -0.497 e. The fourth-order valence-electron chi connectivity index (χ4n) is 3.23. The lowest BCUT2D eigenvalue weighted by Crippen LogP contribution is -2.04. The summed E-state index contributed by atoms with van der Waals surface area (Å²) >= 11 is 0. The monoisotopic (exact) mass is 369 g/mol. The topological polar surface area (TPSA) is 44.5 Å². The van der Waals surface area contributed by atoms with Crippen molar-refractivity contribution in [3.63, 3.8) is 0 Å². The Kier molecular flexibility index (Phi) is 5.42. The summed E-state index contributed by atoms with van der Waals surface area (Å²) in [4.78, 5) is 0. The highest BCUT2D eigenvalue weighted by molar-refractivity contribution is 5.79. The van der Waals surface area contributed by atoms with Crippen molar-refractivity contribution in [3.05, 3.63) is 71.3 Å². The molecule has 0 atom stereocenters. The average Bonchev–Trinajstić information content (AvgIpc) is 2.67. The molecule has 3 rings (SSSR count). The van der Waals surface area contributed by atoms with E-state index >= 15 is 0 Å². The highest BCUT2D eigenvalue weighted by Crippen LogP contribution is 2.36. The molecule has 0 aromatic heterocycles. The van der Waals surface area contributed by atoms with Gasteiger partial charge in [0.25, 0.3) is 0 Å². The summed E-state index contributed by atoms with van der Waals surface area (Å²) < 4.78 is 39.3. The second kappa shape index (κ2) is 7.76. The van der Waals surface area contributed by atoms with Gasteiger partial charge in [-0.15, -0.1) is 0 Å². The fraction of sp³-hybridized carbons (Fsp3) is 0.182. The number of methoxy groups -OCH3 is 2. The molecule has 0 amide bonds. The molecule has 0 fully saturated rings. The van der Waals surface area contributed by atoms with Crippen molar-refractivity contribution < 1.29 is 18.3 Å². The van der Waals surface area contributed by atoms with Crippen LogP contribution >= 0.6 is 0 Å². The number of hydrogen-bond donors (Lipinski definition) is 1. The Hall–Kier alpha value is -2.92. The van der Waals surface area contributed by atoms with Crippen LogP contribution in [0.3, 0.4) is 0 Å². The molecular weight excluding hydrogens is 348 g/mol. The van der Waals surface area contributed by atoms with Crippen LogP contribution in [0, 0.1) is 18.6 Å². The van der Waals surface area contributed by atoms with E-state index in [9.17, 15) is 8.78 Å². The van der Waals surface area contributed by atoms with Crippen LogP contribution in [0.1, 0.15) is 11.1 Å². The zero-order chi connectivity index (χ0) is 19.6. The molecule has 5 heteroatoms. The maximum Gasteiger partial charge on any atom is 0.134 e. The highest BCUT2D eigenvalue weighted by Gasteiger charge is 2.16. The molecule has 0 aliphatic heterocycles. The van der Waals surface area contributed by atoms with Gasteiger partial charge in [0.2, 0.25) is 0 Å². The summed E-state index contributed by atoms with van der Waals surface area (Å²) in [5.41, 5.74) is 9.41. The Morgan fingerprint density at radius 1 is 0.852 bits per heavy atom. The van der Waals surface area contributed by atoms with E-state index < -0.39 is 5.82 Å². The van der Waals surface area contributed by atoms with E-state index in [1.165, 1.54) is 26.4 Å². The predicted octanol–water partition coefficient (Wildman–Crippen LogP) is 5.08. The molecule has 0 aliphatic rings. The van der Waals surface area contributed by atoms with E-state index in [2.05, 4.69) is 0 Å². The van der Waals surface area contributed by atoms with Gasteiger partial charge in [-0.25, -0.2) is 8.78 Å². The first-order chi connectivity index (χ1) is 13.0. The second-order valence-electron chi connectivity index (χ2n) is 6.17. The molecule has 0 bridgehead atoms. The first-order valence-corrected chi connectivity index (χ1v) is 8.50. The zero-order valence-corrected chi connectivity index (χ0v) is 15.5. The standard InChI is InChI=1S/C22H21F2NO2/c1-13-16(14-9-20(23)19(12-25)22(10-14)27-3)5-4-6-17(13)18-8-7-15(26-2)11-21(18)24/h4-11H,12,25H2,1-3H3. The molecule has 3 aromatic carbocycles. The van der Waals surface area contributed by atoms with Crippen LogP contribution < -0.4 is 15.2 Å². The summed E-state index contributed by atoms with van der Waals surface area (Å²) in [7, 11) is 2.97. The molecule has 2 N–H and O–H groups in total. The van der Waals surface area contributed by atoms with E-state index in [0.29, 0.717) is 28.2 Å². The van der Waals surface area contributed by atoms with E-state index in [4.69, 9.17) is 15.2 Å². The van der Waals surface area contributed by atoms with Crippen molar-refractivity contribution >= 4 is 0 Å². The molecule has 0 unspecified atom stereocenters. The molecule has 3 nitrogen and oxygen atoms in total. The third-order valence-electron chi connectivity index (χ3n) is 4.69. The summed E-state index contributed by atoms with van der Waals surface area (Å²) in [5, 5.41) is 0. The van der Waals surface area contributed by atoms with Crippen molar-refractivity contribution in [1.82, 2.24) is 0 Å². The summed E-state index contributed by atoms with van der Waals surface area (Å²) in [6.45, 7) is 1.93. The molecule has 140 valence electrons. The van der Waals surface area contributed by atoms with Gasteiger partial charge < -0.3 is 15.2 Å². The van der Waals surface area contributed by atoms with Crippen LogP contribution in [0.5, 0.6) is 11.5 Å². The predicted molar refractivity (Wildman–Crippen MR) is 103 cm³/mol. The molecule has 0 radical (unpaired) electrons. The maximum absolute atomic E-state index is 14.5. The minimum absolute atomic E-state index is 0.0470. The smallest absolute Gasteiger partial charge is 0.134 e. The van der Waals surface area contributed by atoms with Crippen molar-refractivity contribution in [2.75, 3.05) is 14.2 Å². The van der Waals surface area contributed by atoms with Gasteiger partial charge in [-0.05, 0) is 53.4 Å². The van der Waals surface area contributed by atoms with Crippen molar-refractivity contribution in [2.24, 2.45) is 5.73 Å². The van der Waals surface area contributed by atoms with Crippen molar-refractivity contribution in [3.8, 4) is 33.8 Å². The quantitative estimate of drug-likeness (QED) is 0.682. The first kappa shape index (κ1) is 18.9. The van der Waals surface area contributed by atoms with E-state index in [0.717, 1.165) is 16.7 Å². The molecular formula is C22H21F2NO2. The molecule has 0 aliphatic carbocycles. The van der Waals surface area contributed by atoms with Crippen LogP contribution in [-0.4, -0.2) is 14.2 Å². The number of nitrogens with two attached hydrogens (primary N) is 1.